The van der Waals surface area contributed by atoms with Crippen molar-refractivity contribution in [3.05, 3.63) is 0 Å². The molecule has 1 aliphatic carbocycles. The highest BCUT2D eigenvalue weighted by Crippen LogP contribution is 2.36. The van der Waals surface area contributed by atoms with Crippen LogP contribution in [0.25, 0.3) is 0 Å². The fourth-order valence-electron chi connectivity index (χ4n) is 4.12. The van der Waals surface area contributed by atoms with Gasteiger partial charge in [-0.1, -0.05) is 6.92 Å². The number of hydrogen-bond acceptors (Lipinski definition) is 2. The molecule has 3 fully saturated rings. The largest absolute Gasteiger partial charge is 0.351 e. The Kier molecular flexibility index (Phi) is 4.78. The van der Waals surface area contributed by atoms with Crippen LogP contribution in [0.1, 0.15) is 64.7 Å². The Labute approximate surface area is 122 Å². The molecule has 2 bridgehead atoms. The zero-order chi connectivity index (χ0) is 12.6. The molecule has 2 N–H and O–H groups in total. The number of piperidine rings is 1. The predicted molar refractivity (Wildman–Crippen MR) is 79.6 cm³/mol. The van der Waals surface area contributed by atoms with Crippen molar-refractivity contribution in [2.24, 2.45) is 5.92 Å². The third-order valence-electron chi connectivity index (χ3n) is 5.44. The lowest BCUT2D eigenvalue weighted by atomic mass is 9.74. The van der Waals surface area contributed by atoms with Crippen molar-refractivity contribution in [3.8, 4) is 0 Å². The summed E-state index contributed by atoms with van der Waals surface area (Å²) in [5.74, 6) is 0.931. The molecule has 2 saturated heterocycles. The van der Waals surface area contributed by atoms with E-state index >= 15 is 0 Å². The summed E-state index contributed by atoms with van der Waals surface area (Å²) < 4.78 is 0. The number of nitrogens with one attached hydrogen (secondary N) is 2. The van der Waals surface area contributed by atoms with Crippen molar-refractivity contribution in [2.45, 2.75) is 82.3 Å². The standard InChI is InChI=1S/C15H26N2O.ClH/c1-2-15(6-3-7-15)17-14(18)10-11-8-12-4-5-13(9-11)16-12;/h11-13,16H,2-10H2,1H3,(H,17,18);1H. The van der Waals surface area contributed by atoms with E-state index in [1.807, 2.05) is 0 Å². The summed E-state index contributed by atoms with van der Waals surface area (Å²) in [6, 6.07) is 1.40. The second-order valence-electron chi connectivity index (χ2n) is 6.72. The zero-order valence-electron chi connectivity index (χ0n) is 11.9. The molecule has 4 heteroatoms. The van der Waals surface area contributed by atoms with Crippen molar-refractivity contribution in [2.75, 3.05) is 0 Å². The van der Waals surface area contributed by atoms with E-state index in [-0.39, 0.29) is 17.9 Å². The third-order valence-corrected chi connectivity index (χ3v) is 5.44. The lowest BCUT2D eigenvalue weighted by Crippen LogP contribution is -2.53. The second-order valence-corrected chi connectivity index (χ2v) is 6.72. The molecule has 3 aliphatic rings. The highest BCUT2D eigenvalue weighted by Gasteiger charge is 2.38. The molecular formula is C15H27ClN2O. The maximum Gasteiger partial charge on any atom is 0.220 e. The van der Waals surface area contributed by atoms with E-state index in [2.05, 4.69) is 17.6 Å². The molecular weight excluding hydrogens is 260 g/mol. The first-order valence-electron chi connectivity index (χ1n) is 7.76. The van der Waals surface area contributed by atoms with Crippen molar-refractivity contribution >= 4 is 18.3 Å². The highest BCUT2D eigenvalue weighted by molar-refractivity contribution is 5.85. The molecule has 19 heavy (non-hydrogen) atoms. The minimum absolute atomic E-state index is 0. The number of carbonyl (C=O) groups excluding carboxylic acids is 1. The summed E-state index contributed by atoms with van der Waals surface area (Å²) in [5, 5.41) is 6.96. The van der Waals surface area contributed by atoms with Gasteiger partial charge in [-0.3, -0.25) is 4.79 Å². The van der Waals surface area contributed by atoms with E-state index < -0.39 is 0 Å². The van der Waals surface area contributed by atoms with Gasteiger partial charge in [-0.15, -0.1) is 12.4 Å². The SMILES string of the molecule is CCC1(NC(=O)CC2CC3CCC(C2)N3)CCC1.Cl. The molecule has 110 valence electrons. The molecule has 0 radical (unpaired) electrons. The average molecular weight is 287 g/mol. The summed E-state index contributed by atoms with van der Waals surface area (Å²) >= 11 is 0. The molecule has 2 heterocycles. The van der Waals surface area contributed by atoms with Gasteiger partial charge in [-0.2, -0.15) is 0 Å². The maximum atomic E-state index is 12.2. The molecule has 2 unspecified atom stereocenters. The predicted octanol–water partition coefficient (Wildman–Crippen LogP) is 2.78. The lowest BCUT2D eigenvalue weighted by molar-refractivity contribution is -0.125. The number of carbonyl (C=O) groups is 1. The van der Waals surface area contributed by atoms with Crippen molar-refractivity contribution in [1.82, 2.24) is 10.6 Å². The van der Waals surface area contributed by atoms with Crippen LogP contribution in [0.4, 0.5) is 0 Å². The van der Waals surface area contributed by atoms with Crippen LogP contribution in [0.15, 0.2) is 0 Å². The van der Waals surface area contributed by atoms with Gasteiger partial charge in [-0.05, 0) is 57.3 Å². The minimum atomic E-state index is 0. The maximum absolute atomic E-state index is 12.2. The Morgan fingerprint density at radius 1 is 1.26 bits per heavy atom. The Bertz CT molecular complexity index is 313. The van der Waals surface area contributed by atoms with Crippen LogP contribution in [0, 0.1) is 5.92 Å². The number of fused-ring (bicyclic) bond motifs is 2. The summed E-state index contributed by atoms with van der Waals surface area (Å²) in [5.41, 5.74) is 0.170. The van der Waals surface area contributed by atoms with Crippen LogP contribution >= 0.6 is 12.4 Å². The first-order chi connectivity index (χ1) is 8.69. The first kappa shape index (κ1) is 15.1. The molecule has 1 saturated carbocycles. The summed E-state index contributed by atoms with van der Waals surface area (Å²) in [4.78, 5) is 12.2. The summed E-state index contributed by atoms with van der Waals surface area (Å²) in [7, 11) is 0. The van der Waals surface area contributed by atoms with Gasteiger partial charge in [0.25, 0.3) is 0 Å². The van der Waals surface area contributed by atoms with E-state index in [1.54, 1.807) is 0 Å². The molecule has 0 aromatic carbocycles. The van der Waals surface area contributed by atoms with Crippen molar-refractivity contribution in [1.29, 1.82) is 0 Å². The van der Waals surface area contributed by atoms with Crippen LogP contribution in [-0.2, 0) is 4.79 Å². The van der Waals surface area contributed by atoms with E-state index in [1.165, 1.54) is 44.9 Å². The fourth-order valence-corrected chi connectivity index (χ4v) is 4.12. The zero-order valence-corrected chi connectivity index (χ0v) is 12.7. The van der Waals surface area contributed by atoms with Gasteiger partial charge >= 0.3 is 0 Å². The van der Waals surface area contributed by atoms with Crippen LogP contribution in [-0.4, -0.2) is 23.5 Å². The molecule has 0 spiro atoms. The molecule has 0 aromatic heterocycles. The normalized spacial score (nSPS) is 35.1. The van der Waals surface area contributed by atoms with Crippen LogP contribution in [0.2, 0.25) is 0 Å². The van der Waals surface area contributed by atoms with Crippen LogP contribution < -0.4 is 10.6 Å². The summed E-state index contributed by atoms with van der Waals surface area (Å²) in [6.07, 6.45) is 10.6. The van der Waals surface area contributed by atoms with E-state index in [0.29, 0.717) is 23.9 Å². The van der Waals surface area contributed by atoms with E-state index in [9.17, 15) is 4.79 Å². The molecule has 1 amide bonds. The smallest absolute Gasteiger partial charge is 0.220 e. The first-order valence-corrected chi connectivity index (χ1v) is 7.76. The third kappa shape index (κ3) is 3.25. The fraction of sp³-hybridized carbons (Fsp3) is 0.933. The van der Waals surface area contributed by atoms with Crippen LogP contribution in [0.3, 0.4) is 0 Å². The molecule has 3 nitrogen and oxygen atoms in total. The number of halogens is 1. The molecule has 3 rings (SSSR count). The number of rotatable bonds is 4. The van der Waals surface area contributed by atoms with Crippen molar-refractivity contribution < 1.29 is 4.79 Å². The Morgan fingerprint density at radius 3 is 2.37 bits per heavy atom. The van der Waals surface area contributed by atoms with E-state index in [0.717, 1.165) is 12.8 Å². The van der Waals surface area contributed by atoms with Gasteiger partial charge < -0.3 is 10.6 Å². The van der Waals surface area contributed by atoms with Crippen molar-refractivity contribution in [3.63, 3.8) is 0 Å². The van der Waals surface area contributed by atoms with Gasteiger partial charge in [-0.25, -0.2) is 0 Å². The quantitative estimate of drug-likeness (QED) is 0.834. The average Bonchev–Trinajstić information content (AvgIpc) is 2.63. The molecule has 2 atom stereocenters. The molecule has 2 aliphatic heterocycles. The van der Waals surface area contributed by atoms with Crippen LogP contribution in [0.5, 0.6) is 0 Å². The number of amides is 1. The molecule has 0 aromatic rings. The van der Waals surface area contributed by atoms with Gasteiger partial charge in [0, 0.05) is 24.0 Å². The number of hydrogen-bond donors (Lipinski definition) is 2. The van der Waals surface area contributed by atoms with Gasteiger partial charge in [0.05, 0.1) is 0 Å². The minimum Gasteiger partial charge on any atom is -0.351 e. The van der Waals surface area contributed by atoms with Gasteiger partial charge in [0.2, 0.25) is 5.91 Å². The van der Waals surface area contributed by atoms with Gasteiger partial charge in [0.1, 0.15) is 0 Å². The highest BCUT2D eigenvalue weighted by atomic mass is 35.5. The topological polar surface area (TPSA) is 41.1 Å². The second kappa shape index (κ2) is 6.01. The summed E-state index contributed by atoms with van der Waals surface area (Å²) in [6.45, 7) is 2.20. The Hall–Kier alpha value is -0.280. The Morgan fingerprint density at radius 2 is 1.89 bits per heavy atom. The monoisotopic (exact) mass is 286 g/mol. The van der Waals surface area contributed by atoms with Gasteiger partial charge in [0.15, 0.2) is 0 Å². The Balaban J connectivity index is 0.00000133. The van der Waals surface area contributed by atoms with E-state index in [4.69, 9.17) is 0 Å². The lowest BCUT2D eigenvalue weighted by Gasteiger charge is -2.42.